The molecule has 0 radical (unpaired) electrons. The lowest BCUT2D eigenvalue weighted by atomic mass is 10.2. The van der Waals surface area contributed by atoms with E-state index in [1.165, 1.54) is 12.4 Å². The average Bonchev–Trinajstić information content (AvgIpc) is 3.06. The van der Waals surface area contributed by atoms with Gasteiger partial charge in [0.15, 0.2) is 19.1 Å². The van der Waals surface area contributed by atoms with Gasteiger partial charge in [-0.2, -0.15) is 4.57 Å². The third kappa shape index (κ3) is 7.04. The van der Waals surface area contributed by atoms with E-state index in [2.05, 4.69) is 10.3 Å². The molecule has 0 amide bonds. The Balaban J connectivity index is 0.00000210. The normalized spacial score (nSPS) is 10.8. The summed E-state index contributed by atoms with van der Waals surface area (Å²) in [5.74, 6) is 0.705. The minimum absolute atomic E-state index is 0. The summed E-state index contributed by atoms with van der Waals surface area (Å²) in [7, 11) is 0. The van der Waals surface area contributed by atoms with E-state index in [0.29, 0.717) is 18.1 Å². The van der Waals surface area contributed by atoms with Crippen LogP contribution in [-0.2, 0) is 24.7 Å². The summed E-state index contributed by atoms with van der Waals surface area (Å²) >= 11 is 0. The van der Waals surface area contributed by atoms with Crippen molar-refractivity contribution in [2.24, 2.45) is 10.3 Å². The number of nitrogens with zero attached hydrogens (tertiary/aromatic N) is 5. The molecule has 0 saturated carbocycles. The molecule has 3 rings (SSSR count). The smallest absolute Gasteiger partial charge is 0.305 e. The number of aromatic nitrogens is 3. The number of pyridine rings is 1. The first-order valence-electron chi connectivity index (χ1n) is 8.35. The highest BCUT2D eigenvalue weighted by atomic mass is 127. The second-order valence-electron chi connectivity index (χ2n) is 5.79. The number of oxime groups is 2. The van der Waals surface area contributed by atoms with Crippen LogP contribution in [0.4, 0.5) is 0 Å². The summed E-state index contributed by atoms with van der Waals surface area (Å²) in [6, 6.07) is 15.6. The molecule has 2 aromatic heterocycles. The molecule has 1 aromatic carbocycles. The van der Waals surface area contributed by atoms with Crippen LogP contribution in [0.15, 0.2) is 77.4 Å². The first-order valence-corrected chi connectivity index (χ1v) is 8.35. The molecule has 0 fully saturated rings. The largest absolute Gasteiger partial charge is 1.00 e. The van der Waals surface area contributed by atoms with E-state index in [-0.39, 0.29) is 61.4 Å². The van der Waals surface area contributed by atoms with Gasteiger partial charge < -0.3 is 58.4 Å². The molecule has 0 aliphatic rings. The number of ether oxygens (including phenoxy) is 1. The van der Waals surface area contributed by atoms with Gasteiger partial charge >= 0.3 is 5.82 Å². The van der Waals surface area contributed by atoms with Crippen LogP contribution >= 0.6 is 0 Å². The van der Waals surface area contributed by atoms with Gasteiger partial charge in [0.05, 0.1) is 0 Å². The Hall–Kier alpha value is -2.06. The summed E-state index contributed by atoms with van der Waals surface area (Å²) < 4.78 is 11.4. The molecule has 0 atom stereocenters. The molecule has 2 N–H and O–H groups in total. The molecule has 0 aliphatic heterocycles. The van der Waals surface area contributed by atoms with E-state index in [4.69, 9.17) is 15.2 Å². The number of hydrogen-bond donors (Lipinski definition) is 2. The van der Waals surface area contributed by atoms with Crippen LogP contribution in [0.1, 0.15) is 17.1 Å². The third-order valence-electron chi connectivity index (χ3n) is 4.01. The standard InChI is InChI=1S/C19H19N5O3.2HI/c25-20-12-18-8-4-5-9-23(18)15-27-16-24-11-10-22(19(24)13-21-26)14-17-6-2-1-3-7-17;;/h1-13H,14-16H2;2*1H. The maximum Gasteiger partial charge on any atom is 0.305 e. The van der Waals surface area contributed by atoms with E-state index in [9.17, 15) is 0 Å². The van der Waals surface area contributed by atoms with Gasteiger partial charge in [0.25, 0.3) is 6.73 Å². The molecule has 0 spiro atoms. The van der Waals surface area contributed by atoms with E-state index < -0.39 is 0 Å². The van der Waals surface area contributed by atoms with E-state index in [0.717, 1.165) is 5.56 Å². The number of imidazole rings is 1. The Morgan fingerprint density at radius 1 is 0.897 bits per heavy atom. The summed E-state index contributed by atoms with van der Waals surface area (Å²) in [4.78, 5) is 0. The Bertz CT molecular complexity index is 933. The van der Waals surface area contributed by atoms with Gasteiger partial charge in [-0.1, -0.05) is 40.6 Å². The van der Waals surface area contributed by atoms with Gasteiger partial charge in [0, 0.05) is 12.1 Å². The Morgan fingerprint density at radius 2 is 1.62 bits per heavy atom. The monoisotopic (exact) mass is 621 g/mol. The van der Waals surface area contributed by atoms with Crippen molar-refractivity contribution in [1.82, 2.24) is 4.57 Å². The second-order valence-corrected chi connectivity index (χ2v) is 5.79. The van der Waals surface area contributed by atoms with Crippen molar-refractivity contribution in [3.8, 4) is 0 Å². The van der Waals surface area contributed by atoms with Crippen molar-refractivity contribution in [3.05, 3.63) is 84.2 Å². The highest BCUT2D eigenvalue weighted by Gasteiger charge is 2.17. The van der Waals surface area contributed by atoms with Gasteiger partial charge in [0.2, 0.25) is 5.69 Å². The first-order chi connectivity index (χ1) is 13.3. The fourth-order valence-corrected chi connectivity index (χ4v) is 2.72. The molecule has 0 saturated heterocycles. The number of halogens is 2. The molecule has 2 heterocycles. The van der Waals surface area contributed by atoms with Gasteiger partial charge in [-0.15, -0.1) is 0 Å². The lowest BCUT2D eigenvalue weighted by Crippen LogP contribution is -3.00. The Labute approximate surface area is 202 Å². The topological polar surface area (TPSA) is 87.1 Å². The van der Waals surface area contributed by atoms with Crippen LogP contribution in [0.25, 0.3) is 0 Å². The molecule has 0 bridgehead atoms. The van der Waals surface area contributed by atoms with Crippen molar-refractivity contribution < 1.29 is 72.2 Å². The lowest BCUT2D eigenvalue weighted by molar-refractivity contribution is -0.735. The van der Waals surface area contributed by atoms with Gasteiger partial charge in [-0.05, 0) is 11.6 Å². The van der Waals surface area contributed by atoms with Crippen molar-refractivity contribution in [3.63, 3.8) is 0 Å². The van der Waals surface area contributed by atoms with Crippen LogP contribution < -0.4 is 57.1 Å². The van der Waals surface area contributed by atoms with Crippen LogP contribution in [0.3, 0.4) is 0 Å². The number of rotatable bonds is 8. The summed E-state index contributed by atoms with van der Waals surface area (Å²) in [6.07, 6.45) is 8.33. The van der Waals surface area contributed by atoms with Crippen LogP contribution in [0, 0.1) is 0 Å². The maximum atomic E-state index is 9.01. The second kappa shape index (κ2) is 13.2. The zero-order chi connectivity index (χ0) is 18.9. The highest BCUT2D eigenvalue weighted by Crippen LogP contribution is 2.01. The predicted octanol–water partition coefficient (Wildman–Crippen LogP) is -4.63. The molecule has 10 heteroatoms. The summed E-state index contributed by atoms with van der Waals surface area (Å²) in [5.41, 5.74) is 1.85. The number of benzene rings is 1. The average molecular weight is 621 g/mol. The molecule has 0 unspecified atom stereocenters. The van der Waals surface area contributed by atoms with Crippen molar-refractivity contribution in [2.75, 3.05) is 0 Å². The Kier molecular flexibility index (Phi) is 11.4. The van der Waals surface area contributed by atoms with Crippen LogP contribution in [0.5, 0.6) is 0 Å². The molecular formula is C19H21I2N5O3. The Morgan fingerprint density at radius 3 is 2.34 bits per heavy atom. The fraction of sp³-hybridized carbons (Fsp3) is 0.158. The lowest BCUT2D eigenvalue weighted by Gasteiger charge is -2.03. The van der Waals surface area contributed by atoms with E-state index in [1.807, 2.05) is 76.3 Å². The minimum atomic E-state index is 0. The van der Waals surface area contributed by atoms with Gasteiger partial charge in [-0.25, -0.2) is 9.13 Å². The predicted molar refractivity (Wildman–Crippen MR) is 96.7 cm³/mol. The maximum absolute atomic E-state index is 9.01. The van der Waals surface area contributed by atoms with Gasteiger partial charge in [-0.3, -0.25) is 4.74 Å². The van der Waals surface area contributed by atoms with Crippen molar-refractivity contribution in [1.29, 1.82) is 0 Å². The summed E-state index contributed by atoms with van der Waals surface area (Å²) in [6.45, 7) is 1.19. The fourth-order valence-electron chi connectivity index (χ4n) is 2.72. The molecule has 8 nitrogen and oxygen atoms in total. The third-order valence-corrected chi connectivity index (χ3v) is 4.01. The quantitative estimate of drug-likeness (QED) is 0.0874. The van der Waals surface area contributed by atoms with Gasteiger partial charge in [0.1, 0.15) is 25.2 Å². The van der Waals surface area contributed by atoms with E-state index >= 15 is 0 Å². The van der Waals surface area contributed by atoms with E-state index in [1.54, 1.807) is 4.57 Å². The molecule has 154 valence electrons. The van der Waals surface area contributed by atoms with Crippen molar-refractivity contribution >= 4 is 12.4 Å². The summed E-state index contributed by atoms with van der Waals surface area (Å²) in [5, 5.41) is 24.0. The zero-order valence-corrected chi connectivity index (χ0v) is 19.7. The van der Waals surface area contributed by atoms with Crippen LogP contribution in [0.2, 0.25) is 0 Å². The van der Waals surface area contributed by atoms with Crippen LogP contribution in [-0.4, -0.2) is 27.4 Å². The molecule has 29 heavy (non-hydrogen) atoms. The van der Waals surface area contributed by atoms with Crippen molar-refractivity contribution in [2.45, 2.75) is 20.0 Å². The molecule has 3 aromatic rings. The minimum Gasteiger partial charge on any atom is -1.00 e. The zero-order valence-electron chi connectivity index (χ0n) is 15.4. The first kappa shape index (κ1) is 25.0. The molecule has 0 aliphatic carbocycles. The SMILES string of the molecule is O/N=C/c1cccc[n+]1COCn1cc[n+](Cc2ccccc2)c1/C=N/O.[I-].[I-]. The highest BCUT2D eigenvalue weighted by molar-refractivity contribution is 5.74. The number of hydrogen-bond acceptors (Lipinski definition) is 5. The molecular weight excluding hydrogens is 600 g/mol.